The molecule has 0 unspecified atom stereocenters. The first-order valence-electron chi connectivity index (χ1n) is 6.63. The molecule has 1 aliphatic rings. The number of nitrogens with one attached hydrogen (secondary N) is 1. The molecule has 2 aromatic rings. The largest absolute Gasteiger partial charge is 0.320 e. The lowest BCUT2D eigenvalue weighted by atomic mass is 10.1. The zero-order chi connectivity index (χ0) is 14.3. The van der Waals surface area contributed by atoms with Crippen LogP contribution in [-0.4, -0.2) is 11.6 Å². The summed E-state index contributed by atoms with van der Waals surface area (Å²) in [6, 6.07) is 12.0. The van der Waals surface area contributed by atoms with Gasteiger partial charge < -0.3 is 5.32 Å². The first-order valence-corrected chi connectivity index (χ1v) is 6.63. The minimum absolute atomic E-state index is 0.133. The van der Waals surface area contributed by atoms with Crippen LogP contribution >= 0.6 is 0 Å². The molecule has 100 valence electrons. The maximum Gasteiger partial charge on any atom is 0.275 e. The topological polar surface area (TPSA) is 41.5 Å². The number of rotatable bonds is 1. The number of carbonyl (C=O) groups is 1. The molecular weight excluding hydrogens is 248 g/mol. The normalized spacial score (nSPS) is 15.3. The summed E-state index contributed by atoms with van der Waals surface area (Å²) >= 11 is 0. The highest BCUT2D eigenvalue weighted by molar-refractivity contribution is 6.54. The molecule has 1 amide bonds. The van der Waals surface area contributed by atoms with Crippen LogP contribution in [0.25, 0.3) is 0 Å². The Bertz CT molecular complexity index is 745. The molecule has 0 bridgehead atoms. The maximum absolute atomic E-state index is 12.1. The Hall–Kier alpha value is -2.42. The van der Waals surface area contributed by atoms with Crippen LogP contribution in [0.4, 0.5) is 11.4 Å². The summed E-state index contributed by atoms with van der Waals surface area (Å²) in [6.45, 7) is 6.04. The van der Waals surface area contributed by atoms with Crippen molar-refractivity contribution in [3.05, 3.63) is 58.7 Å². The molecule has 3 rings (SSSR count). The number of aliphatic imine (C=N–C) groups is 1. The molecule has 2 aromatic carbocycles. The van der Waals surface area contributed by atoms with Crippen molar-refractivity contribution in [2.75, 3.05) is 5.32 Å². The number of fused-ring (bicyclic) bond motifs is 1. The van der Waals surface area contributed by atoms with Crippen LogP contribution in [0.5, 0.6) is 0 Å². The van der Waals surface area contributed by atoms with E-state index in [2.05, 4.69) is 10.3 Å². The third-order valence-electron chi connectivity index (χ3n) is 3.49. The Balaban J connectivity index is 2.15. The van der Waals surface area contributed by atoms with Crippen LogP contribution in [0.15, 0.2) is 41.4 Å². The summed E-state index contributed by atoms with van der Waals surface area (Å²) in [6.07, 6.45) is 0. The van der Waals surface area contributed by atoms with E-state index in [-0.39, 0.29) is 5.91 Å². The van der Waals surface area contributed by atoms with E-state index in [1.807, 2.05) is 57.2 Å². The number of benzene rings is 2. The van der Waals surface area contributed by atoms with E-state index in [1.54, 1.807) is 0 Å². The van der Waals surface area contributed by atoms with Gasteiger partial charge >= 0.3 is 0 Å². The molecular formula is C17H16N2O. The highest BCUT2D eigenvalue weighted by Crippen LogP contribution is 2.28. The van der Waals surface area contributed by atoms with Gasteiger partial charge in [0.05, 0.1) is 11.4 Å². The third-order valence-corrected chi connectivity index (χ3v) is 3.49. The van der Waals surface area contributed by atoms with E-state index >= 15 is 0 Å². The summed E-state index contributed by atoms with van der Waals surface area (Å²) < 4.78 is 0. The minimum Gasteiger partial charge on any atom is -0.320 e. The van der Waals surface area contributed by atoms with Crippen molar-refractivity contribution in [1.82, 2.24) is 0 Å². The molecule has 20 heavy (non-hydrogen) atoms. The zero-order valence-electron chi connectivity index (χ0n) is 11.8. The average molecular weight is 264 g/mol. The standard InChI is InChI=1S/C17H16N2O/c1-10-5-7-14-13(8-10)16(17(20)19-14)18-15-9-11(2)4-6-12(15)3/h4-9H,1-3H3,(H,18,19,20). The van der Waals surface area contributed by atoms with E-state index in [9.17, 15) is 4.79 Å². The lowest BCUT2D eigenvalue weighted by Gasteiger charge is -2.03. The van der Waals surface area contributed by atoms with E-state index in [4.69, 9.17) is 0 Å². The zero-order valence-corrected chi connectivity index (χ0v) is 11.8. The Morgan fingerprint density at radius 2 is 1.65 bits per heavy atom. The van der Waals surface area contributed by atoms with Crippen LogP contribution in [0, 0.1) is 20.8 Å². The third kappa shape index (κ3) is 2.11. The molecule has 3 heteroatoms. The van der Waals surface area contributed by atoms with Crippen LogP contribution in [-0.2, 0) is 4.79 Å². The predicted molar refractivity (Wildman–Crippen MR) is 81.9 cm³/mol. The second kappa shape index (κ2) is 4.60. The highest BCUT2D eigenvalue weighted by Gasteiger charge is 2.25. The average Bonchev–Trinajstić information content (AvgIpc) is 2.70. The van der Waals surface area contributed by atoms with Crippen molar-refractivity contribution >= 4 is 23.0 Å². The second-order valence-corrected chi connectivity index (χ2v) is 5.25. The molecule has 1 N–H and O–H groups in total. The molecule has 3 nitrogen and oxygen atoms in total. The van der Waals surface area contributed by atoms with Crippen molar-refractivity contribution < 1.29 is 4.79 Å². The van der Waals surface area contributed by atoms with Gasteiger partial charge in [-0.05, 0) is 50.1 Å². The number of aryl methyl sites for hydroxylation is 3. The summed E-state index contributed by atoms with van der Waals surface area (Å²) in [5, 5.41) is 2.86. The van der Waals surface area contributed by atoms with Gasteiger partial charge in [0.1, 0.15) is 5.71 Å². The number of carbonyl (C=O) groups excluding carboxylic acids is 1. The van der Waals surface area contributed by atoms with E-state index in [0.717, 1.165) is 33.6 Å². The second-order valence-electron chi connectivity index (χ2n) is 5.25. The van der Waals surface area contributed by atoms with Crippen molar-refractivity contribution in [1.29, 1.82) is 0 Å². The van der Waals surface area contributed by atoms with Gasteiger partial charge in [0.25, 0.3) is 5.91 Å². The molecule has 0 atom stereocenters. The highest BCUT2D eigenvalue weighted by atomic mass is 16.2. The lowest BCUT2D eigenvalue weighted by Crippen LogP contribution is -2.14. The molecule has 0 spiro atoms. The number of amides is 1. The number of nitrogens with zero attached hydrogens (tertiary/aromatic N) is 1. The smallest absolute Gasteiger partial charge is 0.275 e. The van der Waals surface area contributed by atoms with Crippen LogP contribution < -0.4 is 5.32 Å². The monoisotopic (exact) mass is 264 g/mol. The fourth-order valence-corrected chi connectivity index (χ4v) is 2.34. The lowest BCUT2D eigenvalue weighted by molar-refractivity contribution is -0.110. The summed E-state index contributed by atoms with van der Waals surface area (Å²) in [5.74, 6) is -0.133. The molecule has 0 saturated carbocycles. The molecule has 1 aliphatic heterocycles. The molecule has 0 aliphatic carbocycles. The van der Waals surface area contributed by atoms with Gasteiger partial charge in [-0.25, -0.2) is 4.99 Å². The van der Waals surface area contributed by atoms with Crippen LogP contribution in [0.1, 0.15) is 22.3 Å². The van der Waals surface area contributed by atoms with E-state index in [0.29, 0.717) is 5.71 Å². The fourth-order valence-electron chi connectivity index (χ4n) is 2.34. The fraction of sp³-hybridized carbons (Fsp3) is 0.176. The van der Waals surface area contributed by atoms with Crippen molar-refractivity contribution in [2.24, 2.45) is 4.99 Å². The Kier molecular flexibility index (Phi) is 2.90. The van der Waals surface area contributed by atoms with Crippen molar-refractivity contribution in [2.45, 2.75) is 20.8 Å². The van der Waals surface area contributed by atoms with Gasteiger partial charge in [0.15, 0.2) is 0 Å². The molecule has 1 heterocycles. The molecule has 0 saturated heterocycles. The van der Waals surface area contributed by atoms with E-state index < -0.39 is 0 Å². The first-order chi connectivity index (χ1) is 9.54. The first kappa shape index (κ1) is 12.6. The molecule has 0 aromatic heterocycles. The Morgan fingerprint density at radius 3 is 2.45 bits per heavy atom. The van der Waals surface area contributed by atoms with Gasteiger partial charge in [-0.2, -0.15) is 0 Å². The maximum atomic E-state index is 12.1. The van der Waals surface area contributed by atoms with Gasteiger partial charge in [0.2, 0.25) is 0 Å². The number of anilines is 1. The molecule has 0 radical (unpaired) electrons. The van der Waals surface area contributed by atoms with Crippen LogP contribution in [0.2, 0.25) is 0 Å². The predicted octanol–water partition coefficient (Wildman–Crippen LogP) is 3.68. The Labute approximate surface area is 118 Å². The van der Waals surface area contributed by atoms with Crippen molar-refractivity contribution in [3.8, 4) is 0 Å². The summed E-state index contributed by atoms with van der Waals surface area (Å²) in [4.78, 5) is 16.7. The molecule has 0 fully saturated rings. The quantitative estimate of drug-likeness (QED) is 0.838. The van der Waals surface area contributed by atoms with Crippen LogP contribution in [0.3, 0.4) is 0 Å². The summed E-state index contributed by atoms with van der Waals surface area (Å²) in [7, 11) is 0. The van der Waals surface area contributed by atoms with Gasteiger partial charge in [-0.3, -0.25) is 4.79 Å². The minimum atomic E-state index is -0.133. The van der Waals surface area contributed by atoms with E-state index in [1.165, 1.54) is 0 Å². The van der Waals surface area contributed by atoms with Gasteiger partial charge in [-0.1, -0.05) is 23.8 Å². The Morgan fingerprint density at radius 1 is 0.950 bits per heavy atom. The SMILES string of the molecule is Cc1ccc(C)c(N=C2C(=O)Nc3ccc(C)cc32)c1. The number of hydrogen-bond donors (Lipinski definition) is 1. The van der Waals surface area contributed by atoms with Crippen molar-refractivity contribution in [3.63, 3.8) is 0 Å². The summed E-state index contributed by atoms with van der Waals surface area (Å²) in [5.41, 5.74) is 6.39. The van der Waals surface area contributed by atoms with Gasteiger partial charge in [-0.15, -0.1) is 0 Å². The number of hydrogen-bond acceptors (Lipinski definition) is 2. The van der Waals surface area contributed by atoms with Gasteiger partial charge in [0, 0.05) is 5.56 Å².